The van der Waals surface area contributed by atoms with Crippen LogP contribution < -0.4 is 5.73 Å². The van der Waals surface area contributed by atoms with Crippen molar-refractivity contribution in [1.29, 1.82) is 0 Å². The van der Waals surface area contributed by atoms with E-state index in [-0.39, 0.29) is 5.60 Å². The first-order valence-corrected chi connectivity index (χ1v) is 8.43. The molecule has 1 aliphatic heterocycles. The Morgan fingerprint density at radius 3 is 2.53 bits per heavy atom. The van der Waals surface area contributed by atoms with Crippen molar-refractivity contribution < 1.29 is 4.74 Å². The van der Waals surface area contributed by atoms with Gasteiger partial charge in [-0.05, 0) is 58.0 Å². The number of nitrogens with two attached hydrogens (primary N) is 1. The number of rotatable bonds is 6. The zero-order valence-corrected chi connectivity index (χ0v) is 12.3. The zero-order chi connectivity index (χ0) is 13.1. The van der Waals surface area contributed by atoms with Gasteiger partial charge in [-0.3, -0.25) is 4.90 Å². The van der Waals surface area contributed by atoms with Crippen LogP contribution in [0.15, 0.2) is 0 Å². The van der Waals surface area contributed by atoms with Crippen LogP contribution in [0.25, 0.3) is 0 Å². The SMILES string of the molecule is NCCCN(CC1CCC2(CCCCC2)O1)C1CC1. The summed E-state index contributed by atoms with van der Waals surface area (Å²) in [5, 5.41) is 0. The van der Waals surface area contributed by atoms with E-state index in [9.17, 15) is 0 Å². The van der Waals surface area contributed by atoms with Gasteiger partial charge in [0.05, 0.1) is 11.7 Å². The van der Waals surface area contributed by atoms with Gasteiger partial charge in [-0.2, -0.15) is 0 Å². The van der Waals surface area contributed by atoms with E-state index in [4.69, 9.17) is 10.5 Å². The first-order valence-electron chi connectivity index (χ1n) is 8.43. The van der Waals surface area contributed by atoms with Crippen molar-refractivity contribution in [1.82, 2.24) is 4.90 Å². The van der Waals surface area contributed by atoms with Gasteiger partial charge in [0, 0.05) is 12.6 Å². The van der Waals surface area contributed by atoms with Crippen molar-refractivity contribution in [2.45, 2.75) is 82.0 Å². The van der Waals surface area contributed by atoms with Gasteiger partial charge in [-0.25, -0.2) is 0 Å². The molecule has 0 bridgehead atoms. The monoisotopic (exact) mass is 266 g/mol. The molecule has 2 aliphatic carbocycles. The van der Waals surface area contributed by atoms with Crippen molar-refractivity contribution in [3.63, 3.8) is 0 Å². The molecule has 3 heteroatoms. The summed E-state index contributed by atoms with van der Waals surface area (Å²) in [4.78, 5) is 2.65. The summed E-state index contributed by atoms with van der Waals surface area (Å²) in [7, 11) is 0. The van der Waals surface area contributed by atoms with E-state index in [1.54, 1.807) is 0 Å². The summed E-state index contributed by atoms with van der Waals surface area (Å²) in [6, 6.07) is 0.845. The van der Waals surface area contributed by atoms with Gasteiger partial charge in [-0.1, -0.05) is 19.3 Å². The summed E-state index contributed by atoms with van der Waals surface area (Å²) in [6.07, 6.45) is 13.8. The van der Waals surface area contributed by atoms with Gasteiger partial charge in [0.1, 0.15) is 0 Å². The highest BCUT2D eigenvalue weighted by Gasteiger charge is 2.42. The van der Waals surface area contributed by atoms with Gasteiger partial charge in [0.25, 0.3) is 0 Å². The maximum atomic E-state index is 6.51. The van der Waals surface area contributed by atoms with Crippen LogP contribution >= 0.6 is 0 Å². The molecule has 3 rings (SSSR count). The molecule has 1 saturated heterocycles. The van der Waals surface area contributed by atoms with E-state index in [2.05, 4.69) is 4.90 Å². The van der Waals surface area contributed by atoms with Crippen LogP contribution in [0, 0.1) is 0 Å². The van der Waals surface area contributed by atoms with Crippen molar-refractivity contribution >= 4 is 0 Å². The lowest BCUT2D eigenvalue weighted by atomic mass is 9.83. The van der Waals surface area contributed by atoms with Crippen LogP contribution in [0.3, 0.4) is 0 Å². The predicted molar refractivity (Wildman–Crippen MR) is 78.2 cm³/mol. The van der Waals surface area contributed by atoms with E-state index in [1.165, 1.54) is 64.3 Å². The molecule has 3 aliphatic rings. The van der Waals surface area contributed by atoms with Crippen LogP contribution in [0.2, 0.25) is 0 Å². The lowest BCUT2D eigenvalue weighted by molar-refractivity contribution is -0.0724. The Morgan fingerprint density at radius 1 is 1.05 bits per heavy atom. The van der Waals surface area contributed by atoms with Crippen molar-refractivity contribution in [3.05, 3.63) is 0 Å². The van der Waals surface area contributed by atoms with Crippen molar-refractivity contribution in [2.75, 3.05) is 19.6 Å². The minimum Gasteiger partial charge on any atom is -0.370 e. The Labute approximate surface area is 117 Å². The average Bonchev–Trinajstić information content (AvgIpc) is 3.21. The highest BCUT2D eigenvalue weighted by atomic mass is 16.5. The summed E-state index contributed by atoms with van der Waals surface area (Å²) < 4.78 is 6.51. The molecule has 1 atom stereocenters. The highest BCUT2D eigenvalue weighted by Crippen LogP contribution is 2.42. The third kappa shape index (κ3) is 3.50. The molecule has 1 heterocycles. The average molecular weight is 266 g/mol. The third-order valence-corrected chi connectivity index (χ3v) is 5.25. The molecule has 3 fully saturated rings. The molecule has 0 amide bonds. The Hall–Kier alpha value is -0.120. The molecule has 0 aromatic rings. The number of hydrogen-bond donors (Lipinski definition) is 1. The van der Waals surface area contributed by atoms with Crippen molar-refractivity contribution in [2.24, 2.45) is 5.73 Å². The minimum absolute atomic E-state index is 0.284. The normalized spacial score (nSPS) is 30.3. The Balaban J connectivity index is 1.49. The maximum Gasteiger partial charge on any atom is 0.0710 e. The van der Waals surface area contributed by atoms with E-state index < -0.39 is 0 Å². The first-order chi connectivity index (χ1) is 9.31. The minimum atomic E-state index is 0.284. The Bertz CT molecular complexity index is 284. The zero-order valence-electron chi connectivity index (χ0n) is 12.3. The van der Waals surface area contributed by atoms with Gasteiger partial charge in [0.15, 0.2) is 0 Å². The fourth-order valence-corrected chi connectivity index (χ4v) is 4.01. The second-order valence-corrected chi connectivity index (χ2v) is 6.89. The summed E-state index contributed by atoms with van der Waals surface area (Å²) >= 11 is 0. The fourth-order valence-electron chi connectivity index (χ4n) is 4.01. The summed E-state index contributed by atoms with van der Waals surface area (Å²) in [5.41, 5.74) is 5.94. The fraction of sp³-hybridized carbons (Fsp3) is 1.00. The molecule has 0 aromatic heterocycles. The van der Waals surface area contributed by atoms with E-state index in [1.807, 2.05) is 0 Å². The molecular weight excluding hydrogens is 236 g/mol. The van der Waals surface area contributed by atoms with E-state index in [0.717, 1.165) is 25.6 Å². The third-order valence-electron chi connectivity index (χ3n) is 5.25. The molecule has 1 unspecified atom stereocenters. The van der Waals surface area contributed by atoms with Crippen LogP contribution in [0.5, 0.6) is 0 Å². The molecule has 0 aromatic carbocycles. The molecule has 0 radical (unpaired) electrons. The van der Waals surface area contributed by atoms with Crippen LogP contribution in [-0.4, -0.2) is 42.3 Å². The molecule has 19 heavy (non-hydrogen) atoms. The van der Waals surface area contributed by atoms with E-state index in [0.29, 0.717) is 6.10 Å². The molecule has 3 nitrogen and oxygen atoms in total. The van der Waals surface area contributed by atoms with Crippen molar-refractivity contribution in [3.8, 4) is 0 Å². The Kier molecular flexibility index (Phi) is 4.45. The quantitative estimate of drug-likeness (QED) is 0.803. The molecular formula is C16H30N2O. The van der Waals surface area contributed by atoms with Gasteiger partial charge in [-0.15, -0.1) is 0 Å². The predicted octanol–water partition coefficient (Wildman–Crippen LogP) is 2.68. The Morgan fingerprint density at radius 2 is 1.84 bits per heavy atom. The van der Waals surface area contributed by atoms with E-state index >= 15 is 0 Å². The molecule has 110 valence electrons. The van der Waals surface area contributed by atoms with Gasteiger partial charge >= 0.3 is 0 Å². The maximum absolute atomic E-state index is 6.51. The lowest BCUT2D eigenvalue weighted by Gasteiger charge is -2.34. The largest absolute Gasteiger partial charge is 0.370 e. The van der Waals surface area contributed by atoms with Gasteiger partial charge < -0.3 is 10.5 Å². The number of ether oxygens (including phenoxy) is 1. The molecule has 1 spiro atoms. The molecule has 2 saturated carbocycles. The topological polar surface area (TPSA) is 38.5 Å². The summed E-state index contributed by atoms with van der Waals surface area (Å²) in [5.74, 6) is 0. The number of nitrogens with zero attached hydrogens (tertiary/aromatic N) is 1. The standard InChI is InChI=1S/C16H30N2O/c17-11-4-12-18(14-5-6-14)13-15-7-10-16(19-15)8-2-1-3-9-16/h14-15H,1-13,17H2. The number of hydrogen-bond acceptors (Lipinski definition) is 3. The van der Waals surface area contributed by atoms with Crippen LogP contribution in [0.1, 0.15) is 64.2 Å². The van der Waals surface area contributed by atoms with Crippen LogP contribution in [0.4, 0.5) is 0 Å². The molecule has 2 N–H and O–H groups in total. The first kappa shape index (κ1) is 13.8. The second-order valence-electron chi connectivity index (χ2n) is 6.89. The van der Waals surface area contributed by atoms with Crippen LogP contribution in [-0.2, 0) is 4.74 Å². The smallest absolute Gasteiger partial charge is 0.0710 e. The lowest BCUT2D eigenvalue weighted by Crippen LogP contribution is -2.38. The summed E-state index contributed by atoms with van der Waals surface area (Å²) in [6.45, 7) is 3.15. The highest BCUT2D eigenvalue weighted by molar-refractivity contribution is 4.93. The second kappa shape index (κ2) is 6.11. The van der Waals surface area contributed by atoms with Gasteiger partial charge in [0.2, 0.25) is 0 Å².